The van der Waals surface area contributed by atoms with Crippen molar-refractivity contribution in [2.45, 2.75) is 85.2 Å². The summed E-state index contributed by atoms with van der Waals surface area (Å²) in [4.78, 5) is 0. The van der Waals surface area contributed by atoms with Gasteiger partial charge in [0.2, 0.25) is 0 Å². The van der Waals surface area contributed by atoms with Crippen molar-refractivity contribution in [3.63, 3.8) is 0 Å². The predicted molar refractivity (Wildman–Crippen MR) is 105 cm³/mol. The highest BCUT2D eigenvalue weighted by molar-refractivity contribution is 5.25. The molecule has 4 aliphatic carbocycles. The zero-order valence-electron chi connectivity index (χ0n) is 16.8. The molecule has 1 unspecified atom stereocenters. The largest absolute Gasteiger partial charge is 0.393 e. The van der Waals surface area contributed by atoms with Gasteiger partial charge in [-0.25, -0.2) is 0 Å². The Hall–Kier alpha value is -0.560. The second-order valence-corrected chi connectivity index (χ2v) is 10.3. The molecule has 140 valence electrons. The summed E-state index contributed by atoms with van der Waals surface area (Å²) in [6.45, 7) is 9.80. The minimum atomic E-state index is -0.0812. The molecule has 25 heavy (non-hydrogen) atoms. The first-order valence-electron chi connectivity index (χ1n) is 10.9. The molecular formula is C24H38O. The zero-order valence-corrected chi connectivity index (χ0v) is 16.8. The lowest BCUT2D eigenvalue weighted by Crippen LogP contribution is -2.50. The van der Waals surface area contributed by atoms with E-state index in [-0.39, 0.29) is 6.10 Å². The smallest absolute Gasteiger partial charge is 0.0577 e. The van der Waals surface area contributed by atoms with Gasteiger partial charge in [-0.3, -0.25) is 0 Å². The van der Waals surface area contributed by atoms with Crippen molar-refractivity contribution >= 4 is 0 Å². The Kier molecular flexibility index (Phi) is 4.46. The number of fused-ring (bicyclic) bond motifs is 5. The van der Waals surface area contributed by atoms with Crippen LogP contribution in [0.15, 0.2) is 23.8 Å². The Morgan fingerprint density at radius 2 is 1.92 bits per heavy atom. The molecule has 8 atom stereocenters. The second-order valence-electron chi connectivity index (χ2n) is 10.3. The van der Waals surface area contributed by atoms with Crippen LogP contribution >= 0.6 is 0 Å². The van der Waals surface area contributed by atoms with Crippen molar-refractivity contribution in [3.05, 3.63) is 23.8 Å². The van der Waals surface area contributed by atoms with Gasteiger partial charge in [0.15, 0.2) is 0 Å². The summed E-state index contributed by atoms with van der Waals surface area (Å²) in [5.41, 5.74) is 2.54. The molecule has 0 radical (unpaired) electrons. The summed E-state index contributed by atoms with van der Waals surface area (Å²) in [5, 5.41) is 10.1. The van der Waals surface area contributed by atoms with E-state index in [1.807, 2.05) is 0 Å². The molecule has 3 saturated carbocycles. The van der Waals surface area contributed by atoms with Gasteiger partial charge in [-0.15, -0.1) is 0 Å². The number of aliphatic hydroxyl groups excluding tert-OH is 1. The van der Waals surface area contributed by atoms with Crippen LogP contribution in [0.3, 0.4) is 0 Å². The molecule has 0 bridgehead atoms. The number of rotatable bonds is 2. The Morgan fingerprint density at radius 3 is 2.68 bits per heavy atom. The van der Waals surface area contributed by atoms with Crippen molar-refractivity contribution in [1.82, 2.24) is 0 Å². The Bertz CT molecular complexity index is 575. The maximum atomic E-state index is 10.1. The van der Waals surface area contributed by atoms with Crippen LogP contribution in [0.5, 0.6) is 0 Å². The van der Waals surface area contributed by atoms with Gasteiger partial charge in [0.25, 0.3) is 0 Å². The summed E-state index contributed by atoms with van der Waals surface area (Å²) in [6.07, 6.45) is 17.4. The van der Waals surface area contributed by atoms with Crippen LogP contribution in [0.1, 0.15) is 79.1 Å². The molecule has 3 fully saturated rings. The van der Waals surface area contributed by atoms with Crippen LogP contribution in [-0.4, -0.2) is 11.2 Å². The van der Waals surface area contributed by atoms with Gasteiger partial charge < -0.3 is 5.11 Å². The fourth-order valence-corrected chi connectivity index (χ4v) is 7.98. The fraction of sp³-hybridized carbons (Fsp3) is 0.833. The van der Waals surface area contributed by atoms with Crippen molar-refractivity contribution in [3.8, 4) is 0 Å². The van der Waals surface area contributed by atoms with E-state index in [0.717, 1.165) is 42.4 Å². The van der Waals surface area contributed by atoms with Gasteiger partial charge in [0, 0.05) is 0 Å². The summed E-state index contributed by atoms with van der Waals surface area (Å²) < 4.78 is 0. The number of hydrogen-bond acceptors (Lipinski definition) is 1. The molecule has 0 aliphatic heterocycles. The van der Waals surface area contributed by atoms with E-state index < -0.39 is 0 Å². The van der Waals surface area contributed by atoms with Crippen LogP contribution in [0.4, 0.5) is 0 Å². The van der Waals surface area contributed by atoms with Gasteiger partial charge >= 0.3 is 0 Å². The third kappa shape index (κ3) is 2.59. The van der Waals surface area contributed by atoms with E-state index in [1.165, 1.54) is 38.5 Å². The molecule has 0 amide bonds. The predicted octanol–water partition coefficient (Wildman–Crippen LogP) is 6.14. The van der Waals surface area contributed by atoms with E-state index in [2.05, 4.69) is 45.9 Å². The van der Waals surface area contributed by atoms with Crippen LogP contribution in [-0.2, 0) is 0 Å². The summed E-state index contributed by atoms with van der Waals surface area (Å²) in [5.74, 6) is 4.29. The lowest BCUT2D eigenvalue weighted by Gasteiger charge is -2.58. The van der Waals surface area contributed by atoms with Crippen LogP contribution in [0, 0.1) is 40.4 Å². The lowest BCUT2D eigenvalue weighted by molar-refractivity contribution is -0.0540. The first-order valence-corrected chi connectivity index (χ1v) is 10.9. The van der Waals surface area contributed by atoms with Crippen molar-refractivity contribution < 1.29 is 5.11 Å². The number of allylic oxidation sites excluding steroid dienone is 3. The van der Waals surface area contributed by atoms with Crippen LogP contribution in [0.25, 0.3) is 0 Å². The Labute approximate surface area is 155 Å². The first kappa shape index (κ1) is 17.8. The average Bonchev–Trinajstić information content (AvgIpc) is 2.93. The zero-order chi connectivity index (χ0) is 17.8. The fourth-order valence-electron chi connectivity index (χ4n) is 7.98. The van der Waals surface area contributed by atoms with Gasteiger partial charge in [-0.1, -0.05) is 44.6 Å². The molecular weight excluding hydrogens is 304 g/mol. The Balaban J connectivity index is 1.62. The first-order chi connectivity index (χ1) is 11.9. The standard InChI is InChI=1S/C24H38O/c1-5-6-16(2)20-9-10-21-19-8-7-17-15-18(25)11-13-23(17,3)22(19)12-14-24(20,21)4/h5-7,16,18-22,25H,8-15H2,1-4H3/t16-,18?,19+,20-,21+,22+,23+,24-/m1/s1. The number of hydrogen-bond donors (Lipinski definition) is 1. The molecule has 0 aromatic carbocycles. The molecule has 1 N–H and O–H groups in total. The van der Waals surface area contributed by atoms with E-state index >= 15 is 0 Å². The van der Waals surface area contributed by atoms with Gasteiger partial charge in [-0.2, -0.15) is 0 Å². The minimum Gasteiger partial charge on any atom is -0.393 e. The van der Waals surface area contributed by atoms with Gasteiger partial charge in [0.05, 0.1) is 6.10 Å². The minimum absolute atomic E-state index is 0.0812. The highest BCUT2D eigenvalue weighted by Gasteiger charge is 2.58. The molecule has 0 heterocycles. The van der Waals surface area contributed by atoms with E-state index in [9.17, 15) is 5.11 Å². The summed E-state index contributed by atoms with van der Waals surface area (Å²) in [6, 6.07) is 0. The molecule has 1 nitrogen and oxygen atoms in total. The molecule has 0 spiro atoms. The molecule has 1 heteroatoms. The van der Waals surface area contributed by atoms with Crippen molar-refractivity contribution in [2.24, 2.45) is 40.4 Å². The van der Waals surface area contributed by atoms with E-state index in [0.29, 0.717) is 10.8 Å². The van der Waals surface area contributed by atoms with Gasteiger partial charge in [0.1, 0.15) is 0 Å². The lowest BCUT2D eigenvalue weighted by atomic mass is 9.47. The highest BCUT2D eigenvalue weighted by Crippen LogP contribution is 2.67. The molecule has 4 aliphatic rings. The summed E-state index contributed by atoms with van der Waals surface area (Å²) in [7, 11) is 0. The molecule has 0 saturated heterocycles. The van der Waals surface area contributed by atoms with Crippen LogP contribution in [0.2, 0.25) is 0 Å². The average molecular weight is 343 g/mol. The quantitative estimate of drug-likeness (QED) is 0.598. The van der Waals surface area contributed by atoms with Crippen molar-refractivity contribution in [2.75, 3.05) is 0 Å². The number of aliphatic hydroxyl groups is 1. The maximum Gasteiger partial charge on any atom is 0.0577 e. The normalized spacial score (nSPS) is 50.8. The monoisotopic (exact) mass is 342 g/mol. The van der Waals surface area contributed by atoms with Gasteiger partial charge in [-0.05, 0) is 98.7 Å². The maximum absolute atomic E-state index is 10.1. The third-order valence-electron chi connectivity index (χ3n) is 9.28. The van der Waals surface area contributed by atoms with Crippen molar-refractivity contribution in [1.29, 1.82) is 0 Å². The van der Waals surface area contributed by atoms with Crippen LogP contribution < -0.4 is 0 Å². The Morgan fingerprint density at radius 1 is 1.12 bits per heavy atom. The van der Waals surface area contributed by atoms with E-state index in [4.69, 9.17) is 0 Å². The molecule has 4 rings (SSSR count). The van der Waals surface area contributed by atoms with E-state index in [1.54, 1.807) is 5.57 Å². The summed E-state index contributed by atoms with van der Waals surface area (Å²) >= 11 is 0. The SMILES string of the molecule is CC=C[C@@H](C)[C@H]1CC[C@H]2[C@@H]3CC=C4CC(O)CC[C@]4(C)[C@H]3CC[C@]12C. The topological polar surface area (TPSA) is 20.2 Å². The molecule has 0 aromatic heterocycles. The highest BCUT2D eigenvalue weighted by atomic mass is 16.3. The third-order valence-corrected chi connectivity index (χ3v) is 9.28. The molecule has 0 aromatic rings. The second kappa shape index (κ2) is 6.25.